The van der Waals surface area contributed by atoms with Gasteiger partial charge in [-0.05, 0) is 125 Å². The fraction of sp³-hybridized carbons (Fsp3) is 0.549. The van der Waals surface area contributed by atoms with Gasteiger partial charge in [0.1, 0.15) is 35.6 Å². The third-order valence-corrected chi connectivity index (χ3v) is 14.6. The highest BCUT2D eigenvalue weighted by Crippen LogP contribution is 2.45. The van der Waals surface area contributed by atoms with Crippen LogP contribution in [0, 0.1) is 11.3 Å². The number of nitrogens with zero attached hydrogens (tertiary/aromatic N) is 4. The van der Waals surface area contributed by atoms with Gasteiger partial charge >= 0.3 is 12.2 Å². The van der Waals surface area contributed by atoms with Gasteiger partial charge in [0, 0.05) is 54.2 Å². The molecule has 3 fully saturated rings. The van der Waals surface area contributed by atoms with Gasteiger partial charge in [-0.3, -0.25) is 9.69 Å². The molecule has 3 saturated heterocycles. The van der Waals surface area contributed by atoms with E-state index >= 15 is 0 Å². The summed E-state index contributed by atoms with van der Waals surface area (Å²) in [6.07, 6.45) is 5.79. The number of carbonyl (C=O) groups is 3. The topological polar surface area (TPSA) is 176 Å². The molecule has 352 valence electrons. The SMILES string of the molecule is COC(=O)NC(CN1C(C)CCC1c1ncc(-c2ccc3c(c2)COc2cc4c(ccc5[nH]c(C6CCC(C)N6C(=O)C(NC(=O)OC(C)(C)C)C6(C)CCOCC6)nc54)cc2-3)[nH]1)C(C)C. The van der Waals surface area contributed by atoms with Crippen molar-refractivity contribution in [1.82, 2.24) is 40.4 Å². The average Bonchev–Trinajstić information content (AvgIpc) is 4.10. The van der Waals surface area contributed by atoms with Crippen molar-refractivity contribution < 1.29 is 33.3 Å². The van der Waals surface area contributed by atoms with E-state index in [0.29, 0.717) is 45.2 Å². The molecular formula is C51H66N8O7. The van der Waals surface area contributed by atoms with Crippen LogP contribution >= 0.6 is 0 Å². The lowest BCUT2D eigenvalue weighted by Gasteiger charge is -2.43. The number of carbonyl (C=O) groups excluding carboxylic acids is 3. The number of rotatable bonds is 10. The fourth-order valence-corrected chi connectivity index (χ4v) is 10.6. The summed E-state index contributed by atoms with van der Waals surface area (Å²) in [7, 11) is 1.40. The Morgan fingerprint density at radius 1 is 0.909 bits per heavy atom. The summed E-state index contributed by atoms with van der Waals surface area (Å²) in [6.45, 7) is 18.3. The summed E-state index contributed by atoms with van der Waals surface area (Å²) < 4.78 is 22.8. The van der Waals surface area contributed by atoms with Gasteiger partial charge in [-0.2, -0.15) is 0 Å². The summed E-state index contributed by atoms with van der Waals surface area (Å²) >= 11 is 0. The largest absolute Gasteiger partial charge is 0.488 e. The van der Waals surface area contributed by atoms with E-state index in [1.54, 1.807) is 0 Å². The minimum Gasteiger partial charge on any atom is -0.488 e. The molecule has 6 atom stereocenters. The van der Waals surface area contributed by atoms with Crippen LogP contribution in [0.3, 0.4) is 0 Å². The summed E-state index contributed by atoms with van der Waals surface area (Å²) in [5.41, 5.74) is 5.73. The standard InChI is InChI=1S/C51H66N8O7/c1-28(2)39(55-48(61)63-9)26-58-29(3)10-16-40(58)45-52-25-38(54-45)32-12-14-34-33(22-32)27-65-42-24-35-31(23-36(34)42)13-15-37-43(35)56-46(53-37)41-17-11-30(4)59(41)47(60)44(51(8)18-20-64-21-19-51)57-49(62)66-50(5,6)7/h12-15,22-25,28-30,39-41,44H,10-11,16-21,26-27H2,1-9H3,(H,52,54)(H,53,56)(H,55,61)(H,57,62). The lowest BCUT2D eigenvalue weighted by molar-refractivity contribution is -0.142. The first kappa shape index (κ1) is 45.5. The van der Waals surface area contributed by atoms with Crippen molar-refractivity contribution in [2.75, 3.05) is 26.9 Å². The lowest BCUT2D eigenvalue weighted by atomic mass is 9.75. The van der Waals surface area contributed by atoms with Crippen LogP contribution < -0.4 is 15.4 Å². The van der Waals surface area contributed by atoms with E-state index in [1.165, 1.54) is 7.11 Å². The lowest BCUT2D eigenvalue weighted by Crippen LogP contribution is -2.59. The molecule has 0 spiro atoms. The molecule has 3 amide bonds. The third kappa shape index (κ3) is 8.83. The van der Waals surface area contributed by atoms with Gasteiger partial charge in [0.25, 0.3) is 0 Å². The molecule has 15 nitrogen and oxygen atoms in total. The number of aromatic nitrogens is 4. The Hall–Kier alpha value is -5.67. The van der Waals surface area contributed by atoms with Crippen LogP contribution in [-0.4, -0.2) is 104 Å². The Bertz CT molecular complexity index is 2620. The van der Waals surface area contributed by atoms with Crippen LogP contribution in [0.25, 0.3) is 44.2 Å². The molecule has 2 aromatic heterocycles. The smallest absolute Gasteiger partial charge is 0.408 e. The van der Waals surface area contributed by atoms with E-state index in [2.05, 4.69) is 103 Å². The Balaban J connectivity index is 0.960. The maximum Gasteiger partial charge on any atom is 0.408 e. The minimum absolute atomic E-state index is 0.0516. The van der Waals surface area contributed by atoms with E-state index in [4.69, 9.17) is 28.9 Å². The average molecular weight is 903 g/mol. The molecule has 0 aliphatic carbocycles. The minimum atomic E-state index is -0.789. The van der Waals surface area contributed by atoms with Crippen LogP contribution in [0.15, 0.2) is 48.7 Å². The molecule has 4 N–H and O–H groups in total. The number of imidazole rings is 2. The summed E-state index contributed by atoms with van der Waals surface area (Å²) in [6, 6.07) is 14.3. The molecule has 5 aromatic rings. The van der Waals surface area contributed by atoms with Gasteiger partial charge in [0.15, 0.2) is 0 Å². The number of alkyl carbamates (subject to hydrolysis) is 2. The predicted octanol–water partition coefficient (Wildman–Crippen LogP) is 9.33. The van der Waals surface area contributed by atoms with Crippen molar-refractivity contribution >= 4 is 39.9 Å². The van der Waals surface area contributed by atoms with Gasteiger partial charge in [-0.25, -0.2) is 19.6 Å². The molecule has 4 aliphatic rings. The molecule has 9 rings (SSSR count). The zero-order valence-electron chi connectivity index (χ0n) is 39.9. The summed E-state index contributed by atoms with van der Waals surface area (Å²) in [5, 5.41) is 8.05. The summed E-state index contributed by atoms with van der Waals surface area (Å²) in [5.74, 6) is 2.57. The Morgan fingerprint density at radius 2 is 1.67 bits per heavy atom. The van der Waals surface area contributed by atoms with Crippen molar-refractivity contribution in [3.05, 3.63) is 65.9 Å². The second-order valence-electron chi connectivity index (χ2n) is 20.7. The molecule has 66 heavy (non-hydrogen) atoms. The number of benzene rings is 3. The van der Waals surface area contributed by atoms with Crippen LogP contribution in [0.1, 0.15) is 123 Å². The number of amides is 3. The monoisotopic (exact) mass is 903 g/mol. The van der Waals surface area contributed by atoms with Crippen LogP contribution in [0.2, 0.25) is 0 Å². The number of hydrogen-bond donors (Lipinski definition) is 4. The number of nitrogens with one attached hydrogen (secondary N) is 4. The molecule has 6 unspecified atom stereocenters. The number of methoxy groups -OCH3 is 1. The van der Waals surface area contributed by atoms with Gasteiger partial charge in [-0.15, -0.1) is 0 Å². The maximum absolute atomic E-state index is 14.8. The summed E-state index contributed by atoms with van der Waals surface area (Å²) in [4.78, 5) is 62.0. The molecule has 0 saturated carbocycles. The number of likely N-dealkylation sites (tertiary alicyclic amines) is 2. The third-order valence-electron chi connectivity index (χ3n) is 14.6. The van der Waals surface area contributed by atoms with Gasteiger partial charge in [0.2, 0.25) is 5.91 Å². The molecular weight excluding hydrogens is 837 g/mol. The van der Waals surface area contributed by atoms with Crippen LogP contribution in [0.5, 0.6) is 5.75 Å². The van der Waals surface area contributed by atoms with Crippen LogP contribution in [-0.2, 0) is 25.6 Å². The maximum atomic E-state index is 14.8. The van der Waals surface area contributed by atoms with E-state index in [9.17, 15) is 14.4 Å². The predicted molar refractivity (Wildman–Crippen MR) is 253 cm³/mol. The van der Waals surface area contributed by atoms with E-state index in [-0.39, 0.29) is 36.0 Å². The fourth-order valence-electron chi connectivity index (χ4n) is 10.6. The van der Waals surface area contributed by atoms with Crippen molar-refractivity contribution in [2.45, 2.75) is 142 Å². The molecule has 0 radical (unpaired) electrons. The first-order chi connectivity index (χ1) is 31.5. The van der Waals surface area contributed by atoms with Gasteiger partial charge in [0.05, 0.1) is 42.1 Å². The number of aromatic amines is 2. The molecule has 4 aliphatic heterocycles. The van der Waals surface area contributed by atoms with E-state index in [1.807, 2.05) is 31.9 Å². The van der Waals surface area contributed by atoms with Crippen molar-refractivity contribution in [3.8, 4) is 28.1 Å². The van der Waals surface area contributed by atoms with E-state index in [0.717, 1.165) is 92.8 Å². The second-order valence-corrected chi connectivity index (χ2v) is 20.7. The van der Waals surface area contributed by atoms with Crippen molar-refractivity contribution in [2.24, 2.45) is 11.3 Å². The molecule has 0 bridgehead atoms. The molecule has 6 heterocycles. The zero-order chi connectivity index (χ0) is 46.7. The number of hydrogen-bond acceptors (Lipinski definition) is 10. The first-order valence-electron chi connectivity index (χ1n) is 23.8. The normalized spacial score (nSPS) is 22.7. The first-order valence-corrected chi connectivity index (χ1v) is 23.8. The second kappa shape index (κ2) is 17.9. The Labute approximate surface area is 387 Å². The van der Waals surface area contributed by atoms with Gasteiger partial charge in [-0.1, -0.05) is 39.0 Å². The highest BCUT2D eigenvalue weighted by molar-refractivity contribution is 6.07. The van der Waals surface area contributed by atoms with E-state index < -0.39 is 29.2 Å². The van der Waals surface area contributed by atoms with Crippen molar-refractivity contribution in [3.63, 3.8) is 0 Å². The Kier molecular flexibility index (Phi) is 12.3. The number of H-pyrrole nitrogens is 2. The highest BCUT2D eigenvalue weighted by Gasteiger charge is 2.48. The van der Waals surface area contributed by atoms with Gasteiger partial charge < -0.3 is 44.4 Å². The van der Waals surface area contributed by atoms with Crippen molar-refractivity contribution in [1.29, 1.82) is 0 Å². The van der Waals surface area contributed by atoms with Crippen LogP contribution in [0.4, 0.5) is 9.59 Å². The Morgan fingerprint density at radius 3 is 2.41 bits per heavy atom. The molecule has 15 heteroatoms. The highest BCUT2D eigenvalue weighted by atomic mass is 16.6. The number of fused-ring (bicyclic) bond motifs is 6. The number of ether oxygens (including phenoxy) is 4. The molecule has 3 aromatic carbocycles. The quantitative estimate of drug-likeness (QED) is 0.106. The zero-order valence-corrected chi connectivity index (χ0v) is 39.9.